The Hall–Kier alpha value is -0.0800. The first-order chi connectivity index (χ1) is 6.24. The Morgan fingerprint density at radius 2 is 2.00 bits per heavy atom. The molecule has 13 heavy (non-hydrogen) atoms. The number of hydrogen-bond acceptors (Lipinski definition) is 2. The highest BCUT2D eigenvalue weighted by atomic mass is 15.3. The van der Waals surface area contributed by atoms with Crippen LogP contribution in [-0.4, -0.2) is 48.1 Å². The molecule has 2 heteroatoms. The number of piperazine rings is 1. The lowest BCUT2D eigenvalue weighted by atomic mass is 9.99. The lowest BCUT2D eigenvalue weighted by molar-refractivity contribution is 0.0424. The number of nitrogens with zero attached hydrogens (tertiary/aromatic N) is 2. The Labute approximate surface area is 81.9 Å². The lowest BCUT2D eigenvalue weighted by Gasteiger charge is -2.44. The van der Waals surface area contributed by atoms with Gasteiger partial charge < -0.3 is 4.90 Å². The summed E-state index contributed by atoms with van der Waals surface area (Å²) < 4.78 is 0. The van der Waals surface area contributed by atoms with Crippen molar-refractivity contribution in [2.75, 3.05) is 20.1 Å². The average Bonchev–Trinajstić information content (AvgIpc) is 2.48. The number of fused-ring (bicyclic) bond motifs is 1. The van der Waals surface area contributed by atoms with Crippen LogP contribution in [0.15, 0.2) is 0 Å². The van der Waals surface area contributed by atoms with Gasteiger partial charge in [0, 0.05) is 31.2 Å². The van der Waals surface area contributed by atoms with Crippen LogP contribution >= 0.6 is 0 Å². The van der Waals surface area contributed by atoms with Gasteiger partial charge in [-0.3, -0.25) is 4.90 Å². The maximum absolute atomic E-state index is 2.73. The summed E-state index contributed by atoms with van der Waals surface area (Å²) in [6.07, 6.45) is 4.14. The molecule has 0 amide bonds. The minimum absolute atomic E-state index is 0.818. The molecule has 2 nitrogen and oxygen atoms in total. The lowest BCUT2D eigenvalue weighted by Crippen LogP contribution is -2.56. The van der Waals surface area contributed by atoms with Crippen molar-refractivity contribution in [2.24, 2.45) is 0 Å². The monoisotopic (exact) mass is 182 g/mol. The molecular weight excluding hydrogens is 160 g/mol. The second-order valence-electron chi connectivity index (χ2n) is 4.69. The SMILES string of the molecule is CCC1C2CCC(C)N2CCN1C. The van der Waals surface area contributed by atoms with E-state index in [1.54, 1.807) is 0 Å². The van der Waals surface area contributed by atoms with Gasteiger partial charge in [-0.15, -0.1) is 0 Å². The molecule has 2 aliphatic heterocycles. The van der Waals surface area contributed by atoms with Crippen molar-refractivity contribution in [1.82, 2.24) is 9.80 Å². The summed E-state index contributed by atoms with van der Waals surface area (Å²) in [5, 5.41) is 0. The molecule has 2 saturated heterocycles. The highest BCUT2D eigenvalue weighted by molar-refractivity contribution is 4.96. The van der Waals surface area contributed by atoms with E-state index in [4.69, 9.17) is 0 Å². The molecule has 0 saturated carbocycles. The molecule has 0 aromatic rings. The van der Waals surface area contributed by atoms with Crippen LogP contribution in [0, 0.1) is 0 Å². The van der Waals surface area contributed by atoms with Crippen LogP contribution in [-0.2, 0) is 0 Å². The van der Waals surface area contributed by atoms with Crippen molar-refractivity contribution in [1.29, 1.82) is 0 Å². The van der Waals surface area contributed by atoms with Crippen LogP contribution < -0.4 is 0 Å². The number of hydrogen-bond donors (Lipinski definition) is 0. The van der Waals surface area contributed by atoms with Gasteiger partial charge >= 0.3 is 0 Å². The fourth-order valence-corrected chi connectivity index (χ4v) is 3.19. The summed E-state index contributed by atoms with van der Waals surface area (Å²) in [5.74, 6) is 0. The number of likely N-dealkylation sites (N-methyl/N-ethyl adjacent to an activating group) is 1. The molecule has 2 fully saturated rings. The number of rotatable bonds is 1. The van der Waals surface area contributed by atoms with Crippen molar-refractivity contribution >= 4 is 0 Å². The maximum atomic E-state index is 2.73. The second-order valence-corrected chi connectivity index (χ2v) is 4.69. The Bertz CT molecular complexity index is 181. The first-order valence-corrected chi connectivity index (χ1v) is 5.70. The molecule has 0 spiro atoms. The van der Waals surface area contributed by atoms with Crippen molar-refractivity contribution in [3.05, 3.63) is 0 Å². The second kappa shape index (κ2) is 3.58. The molecule has 0 bridgehead atoms. The Morgan fingerprint density at radius 1 is 1.23 bits per heavy atom. The van der Waals surface area contributed by atoms with Crippen molar-refractivity contribution in [3.63, 3.8) is 0 Å². The molecule has 0 N–H and O–H groups in total. The van der Waals surface area contributed by atoms with Crippen LogP contribution in [0.2, 0.25) is 0 Å². The van der Waals surface area contributed by atoms with E-state index in [1.807, 2.05) is 0 Å². The van der Waals surface area contributed by atoms with Crippen LogP contribution in [0.4, 0.5) is 0 Å². The first-order valence-electron chi connectivity index (χ1n) is 5.70. The molecule has 0 aromatic heterocycles. The molecule has 2 aliphatic rings. The van der Waals surface area contributed by atoms with Crippen LogP contribution in [0.3, 0.4) is 0 Å². The molecular formula is C11H22N2. The molecule has 3 unspecified atom stereocenters. The standard InChI is InChI=1S/C11H22N2/c1-4-10-11-6-5-9(2)13(11)8-7-12(10)3/h9-11H,4-8H2,1-3H3. The third-order valence-corrected chi connectivity index (χ3v) is 4.01. The maximum Gasteiger partial charge on any atom is 0.0255 e. The van der Waals surface area contributed by atoms with E-state index in [0.717, 1.165) is 18.1 Å². The molecule has 0 radical (unpaired) electrons. The fraction of sp³-hybridized carbons (Fsp3) is 1.00. The minimum atomic E-state index is 0.818. The zero-order chi connectivity index (χ0) is 9.42. The van der Waals surface area contributed by atoms with E-state index in [-0.39, 0.29) is 0 Å². The van der Waals surface area contributed by atoms with Crippen molar-refractivity contribution in [2.45, 2.75) is 51.2 Å². The molecule has 0 aromatic carbocycles. The van der Waals surface area contributed by atoms with Gasteiger partial charge in [0.2, 0.25) is 0 Å². The van der Waals surface area contributed by atoms with Gasteiger partial charge in [0.25, 0.3) is 0 Å². The van der Waals surface area contributed by atoms with Gasteiger partial charge in [0.15, 0.2) is 0 Å². The zero-order valence-corrected chi connectivity index (χ0v) is 9.16. The third-order valence-electron chi connectivity index (χ3n) is 4.01. The van der Waals surface area contributed by atoms with Gasteiger partial charge in [0.05, 0.1) is 0 Å². The molecule has 2 heterocycles. The van der Waals surface area contributed by atoms with Gasteiger partial charge in [-0.05, 0) is 33.2 Å². The summed E-state index contributed by atoms with van der Waals surface area (Å²) in [4.78, 5) is 5.29. The third kappa shape index (κ3) is 1.50. The highest BCUT2D eigenvalue weighted by Gasteiger charge is 2.39. The van der Waals surface area contributed by atoms with Crippen LogP contribution in [0.1, 0.15) is 33.1 Å². The summed E-state index contributed by atoms with van der Waals surface area (Å²) in [7, 11) is 2.29. The topological polar surface area (TPSA) is 6.48 Å². The Balaban J connectivity index is 2.09. The highest BCUT2D eigenvalue weighted by Crippen LogP contribution is 2.31. The van der Waals surface area contributed by atoms with Crippen LogP contribution in [0.5, 0.6) is 0 Å². The summed E-state index contributed by atoms with van der Waals surface area (Å²) in [6.45, 7) is 7.27. The van der Waals surface area contributed by atoms with Crippen molar-refractivity contribution in [3.8, 4) is 0 Å². The summed E-state index contributed by atoms with van der Waals surface area (Å²) >= 11 is 0. The van der Waals surface area contributed by atoms with E-state index in [9.17, 15) is 0 Å². The van der Waals surface area contributed by atoms with Gasteiger partial charge in [-0.25, -0.2) is 0 Å². The molecule has 76 valence electrons. The Morgan fingerprint density at radius 3 is 2.69 bits per heavy atom. The predicted molar refractivity (Wildman–Crippen MR) is 55.9 cm³/mol. The zero-order valence-electron chi connectivity index (χ0n) is 9.16. The Kier molecular flexibility index (Phi) is 2.61. The average molecular weight is 182 g/mol. The van der Waals surface area contributed by atoms with E-state index in [2.05, 4.69) is 30.7 Å². The smallest absolute Gasteiger partial charge is 0.0255 e. The molecule has 2 rings (SSSR count). The fourth-order valence-electron chi connectivity index (χ4n) is 3.19. The quantitative estimate of drug-likeness (QED) is 0.607. The van der Waals surface area contributed by atoms with E-state index < -0.39 is 0 Å². The molecule has 0 aliphatic carbocycles. The van der Waals surface area contributed by atoms with Gasteiger partial charge in [0.1, 0.15) is 0 Å². The summed E-state index contributed by atoms with van der Waals surface area (Å²) in [5.41, 5.74) is 0. The normalized spacial score (nSPS) is 42.2. The minimum Gasteiger partial charge on any atom is -0.301 e. The summed E-state index contributed by atoms with van der Waals surface area (Å²) in [6, 6.07) is 2.52. The van der Waals surface area contributed by atoms with Crippen LogP contribution in [0.25, 0.3) is 0 Å². The van der Waals surface area contributed by atoms with E-state index in [0.29, 0.717) is 0 Å². The van der Waals surface area contributed by atoms with E-state index in [1.165, 1.54) is 32.4 Å². The van der Waals surface area contributed by atoms with Crippen molar-refractivity contribution < 1.29 is 0 Å². The predicted octanol–water partition coefficient (Wildman–Crippen LogP) is 1.56. The van der Waals surface area contributed by atoms with Gasteiger partial charge in [-0.1, -0.05) is 6.92 Å². The van der Waals surface area contributed by atoms with Gasteiger partial charge in [-0.2, -0.15) is 0 Å². The largest absolute Gasteiger partial charge is 0.301 e. The van der Waals surface area contributed by atoms with E-state index >= 15 is 0 Å². The molecule has 3 atom stereocenters. The first kappa shape index (κ1) is 9.47.